The van der Waals surface area contributed by atoms with Crippen molar-refractivity contribution < 1.29 is 14.3 Å². The second-order valence-corrected chi connectivity index (χ2v) is 4.75. The molecule has 0 radical (unpaired) electrons. The average Bonchev–Trinajstić information content (AvgIpc) is 2.96. The van der Waals surface area contributed by atoms with E-state index in [1.807, 2.05) is 30.3 Å². The normalized spacial score (nSPS) is 10.3. The number of benzene rings is 2. The molecule has 3 rings (SSSR count). The van der Waals surface area contributed by atoms with E-state index in [4.69, 9.17) is 0 Å². The lowest BCUT2D eigenvalue weighted by molar-refractivity contribution is 0.102. The summed E-state index contributed by atoms with van der Waals surface area (Å²) in [6, 6.07) is 14.2. The Balaban J connectivity index is 1.82. The van der Waals surface area contributed by atoms with Gasteiger partial charge in [-0.05, 0) is 30.3 Å². The van der Waals surface area contributed by atoms with Crippen molar-refractivity contribution >= 4 is 34.7 Å². The molecule has 2 amide bonds. The fourth-order valence-electron chi connectivity index (χ4n) is 2.08. The molecule has 23 heavy (non-hydrogen) atoms. The predicted octanol–water partition coefficient (Wildman–Crippen LogP) is 2.99. The summed E-state index contributed by atoms with van der Waals surface area (Å²) in [5.74, 6) is 0.0302. The maximum absolute atomic E-state index is 12.3. The lowest BCUT2D eigenvalue weighted by Gasteiger charge is -2.04. The molecule has 1 heterocycles. The molecule has 0 saturated heterocycles. The highest BCUT2D eigenvalue weighted by atomic mass is 16.5. The third-order valence-corrected chi connectivity index (χ3v) is 3.18. The number of nitrogens with one attached hydrogen (secondary N) is 3. The molecule has 0 aliphatic heterocycles. The van der Waals surface area contributed by atoms with Gasteiger partial charge in [0, 0.05) is 11.3 Å². The number of nitrogens with zero attached hydrogens (tertiary/aromatic N) is 1. The topological polar surface area (TPSA) is 96.1 Å². The Bertz CT molecular complexity index is 858. The number of fused-ring (bicyclic) bond motifs is 1. The zero-order valence-corrected chi connectivity index (χ0v) is 12.3. The number of carbonyl (C=O) groups is 2. The van der Waals surface area contributed by atoms with Crippen LogP contribution in [-0.2, 0) is 4.74 Å². The van der Waals surface area contributed by atoms with Crippen molar-refractivity contribution in [2.75, 3.05) is 17.7 Å². The Morgan fingerprint density at radius 1 is 1.09 bits per heavy atom. The molecule has 0 aliphatic rings. The van der Waals surface area contributed by atoms with Gasteiger partial charge in [-0.15, -0.1) is 0 Å². The fraction of sp³-hybridized carbons (Fsp3) is 0.0625. The molecule has 0 spiro atoms. The number of methoxy groups -OCH3 is 1. The minimum atomic E-state index is -0.619. The first kappa shape index (κ1) is 14.6. The van der Waals surface area contributed by atoms with E-state index in [0.29, 0.717) is 16.6 Å². The summed E-state index contributed by atoms with van der Waals surface area (Å²) >= 11 is 0. The summed E-state index contributed by atoms with van der Waals surface area (Å²) in [7, 11) is 1.27. The molecule has 7 nitrogen and oxygen atoms in total. The molecule has 2 aromatic carbocycles. The van der Waals surface area contributed by atoms with Gasteiger partial charge in [0.25, 0.3) is 5.91 Å². The van der Waals surface area contributed by atoms with Crippen LogP contribution in [0.3, 0.4) is 0 Å². The van der Waals surface area contributed by atoms with Crippen molar-refractivity contribution in [2.45, 2.75) is 0 Å². The van der Waals surface area contributed by atoms with Crippen LogP contribution in [-0.4, -0.2) is 29.1 Å². The van der Waals surface area contributed by atoms with Gasteiger partial charge in [0.15, 0.2) is 0 Å². The summed E-state index contributed by atoms with van der Waals surface area (Å²) in [5, 5.41) is 5.25. The van der Waals surface area contributed by atoms with Gasteiger partial charge in [0.2, 0.25) is 5.95 Å². The number of hydrogen-bond acceptors (Lipinski definition) is 4. The average molecular weight is 310 g/mol. The highest BCUT2D eigenvalue weighted by Gasteiger charge is 2.10. The zero-order chi connectivity index (χ0) is 16.2. The Morgan fingerprint density at radius 2 is 1.87 bits per heavy atom. The van der Waals surface area contributed by atoms with Crippen LogP contribution >= 0.6 is 0 Å². The smallest absolute Gasteiger partial charge is 0.413 e. The zero-order valence-electron chi connectivity index (χ0n) is 12.3. The van der Waals surface area contributed by atoms with E-state index in [-0.39, 0.29) is 11.9 Å². The molecule has 3 aromatic rings. The van der Waals surface area contributed by atoms with Crippen molar-refractivity contribution in [3.05, 3.63) is 54.1 Å². The molecule has 0 aliphatic carbocycles. The van der Waals surface area contributed by atoms with E-state index in [1.54, 1.807) is 18.2 Å². The summed E-state index contributed by atoms with van der Waals surface area (Å²) < 4.78 is 4.50. The van der Waals surface area contributed by atoms with Gasteiger partial charge in [0.05, 0.1) is 18.1 Å². The largest absolute Gasteiger partial charge is 0.453 e. The van der Waals surface area contributed by atoms with Gasteiger partial charge < -0.3 is 15.0 Å². The Hall–Kier alpha value is -3.35. The fourth-order valence-corrected chi connectivity index (χ4v) is 2.08. The number of anilines is 2. The van der Waals surface area contributed by atoms with Crippen LogP contribution in [0.25, 0.3) is 11.0 Å². The molecule has 0 bridgehead atoms. The van der Waals surface area contributed by atoms with Crippen LogP contribution in [0.15, 0.2) is 48.5 Å². The van der Waals surface area contributed by atoms with Crippen LogP contribution in [0.1, 0.15) is 10.4 Å². The Kier molecular flexibility index (Phi) is 3.92. The number of aromatic nitrogens is 2. The summed E-state index contributed by atoms with van der Waals surface area (Å²) in [4.78, 5) is 30.5. The standard InChI is InChI=1S/C16H14N4O3/c1-23-16(22)20-15-18-12-8-7-10(9-13(12)19-15)14(21)17-11-5-3-2-4-6-11/h2-9H,1H3,(H,17,21)(H2,18,19,20,22). The summed E-state index contributed by atoms with van der Waals surface area (Å²) in [5.41, 5.74) is 2.47. The van der Waals surface area contributed by atoms with E-state index in [1.165, 1.54) is 7.11 Å². The summed E-state index contributed by atoms with van der Waals surface area (Å²) in [6.45, 7) is 0. The van der Waals surface area contributed by atoms with Crippen molar-refractivity contribution in [1.82, 2.24) is 9.97 Å². The number of rotatable bonds is 3. The first-order valence-corrected chi connectivity index (χ1v) is 6.87. The van der Waals surface area contributed by atoms with Gasteiger partial charge in [-0.3, -0.25) is 10.1 Å². The SMILES string of the molecule is COC(=O)Nc1nc2ccc(C(=O)Nc3ccccc3)cc2[nH]1. The van der Waals surface area contributed by atoms with Gasteiger partial charge in [-0.2, -0.15) is 0 Å². The maximum atomic E-state index is 12.3. The lowest BCUT2D eigenvalue weighted by Crippen LogP contribution is -2.11. The second kappa shape index (κ2) is 6.18. The van der Waals surface area contributed by atoms with Crippen LogP contribution in [0, 0.1) is 0 Å². The van der Waals surface area contributed by atoms with Crippen molar-refractivity contribution in [1.29, 1.82) is 0 Å². The van der Waals surface area contributed by atoms with Gasteiger partial charge in [-0.1, -0.05) is 18.2 Å². The molecular weight excluding hydrogens is 296 g/mol. The van der Waals surface area contributed by atoms with Crippen LogP contribution in [0.5, 0.6) is 0 Å². The van der Waals surface area contributed by atoms with Crippen molar-refractivity contribution in [2.24, 2.45) is 0 Å². The van der Waals surface area contributed by atoms with Crippen molar-refractivity contribution in [3.63, 3.8) is 0 Å². The minimum Gasteiger partial charge on any atom is -0.453 e. The third-order valence-electron chi connectivity index (χ3n) is 3.18. The number of para-hydroxylation sites is 1. The van der Waals surface area contributed by atoms with E-state index < -0.39 is 6.09 Å². The predicted molar refractivity (Wildman–Crippen MR) is 86.5 cm³/mol. The van der Waals surface area contributed by atoms with E-state index in [2.05, 4.69) is 25.3 Å². The highest BCUT2D eigenvalue weighted by Crippen LogP contribution is 2.17. The number of H-pyrrole nitrogens is 1. The molecule has 0 saturated carbocycles. The molecule has 3 N–H and O–H groups in total. The van der Waals surface area contributed by atoms with E-state index in [0.717, 1.165) is 5.69 Å². The number of amides is 2. The molecule has 0 fully saturated rings. The van der Waals surface area contributed by atoms with Crippen molar-refractivity contribution in [3.8, 4) is 0 Å². The molecule has 0 unspecified atom stereocenters. The maximum Gasteiger partial charge on any atom is 0.413 e. The van der Waals surface area contributed by atoms with E-state index in [9.17, 15) is 9.59 Å². The van der Waals surface area contributed by atoms with Crippen LogP contribution in [0.4, 0.5) is 16.4 Å². The Morgan fingerprint density at radius 3 is 2.61 bits per heavy atom. The minimum absolute atomic E-state index is 0.227. The quantitative estimate of drug-likeness (QED) is 0.693. The van der Waals surface area contributed by atoms with E-state index >= 15 is 0 Å². The number of carbonyl (C=O) groups excluding carboxylic acids is 2. The molecule has 116 valence electrons. The molecule has 0 atom stereocenters. The van der Waals surface area contributed by atoms with Gasteiger partial charge >= 0.3 is 6.09 Å². The number of ether oxygens (including phenoxy) is 1. The highest BCUT2D eigenvalue weighted by molar-refractivity contribution is 6.06. The van der Waals surface area contributed by atoms with Gasteiger partial charge in [0.1, 0.15) is 0 Å². The van der Waals surface area contributed by atoms with Crippen LogP contribution in [0.2, 0.25) is 0 Å². The van der Waals surface area contributed by atoms with Crippen LogP contribution < -0.4 is 10.6 Å². The first-order valence-electron chi connectivity index (χ1n) is 6.87. The Labute approximate surface area is 131 Å². The molecule has 1 aromatic heterocycles. The molecular formula is C16H14N4O3. The second-order valence-electron chi connectivity index (χ2n) is 4.75. The first-order chi connectivity index (χ1) is 11.2. The lowest BCUT2D eigenvalue weighted by atomic mass is 10.2. The van der Waals surface area contributed by atoms with Gasteiger partial charge in [-0.25, -0.2) is 9.78 Å². The number of aromatic amines is 1. The third kappa shape index (κ3) is 3.29. The molecule has 7 heteroatoms. The number of imidazole rings is 1. The number of hydrogen-bond donors (Lipinski definition) is 3. The summed E-state index contributed by atoms with van der Waals surface area (Å²) in [6.07, 6.45) is -0.619. The monoisotopic (exact) mass is 310 g/mol.